The Kier molecular flexibility index (Phi) is 4.32. The van der Waals surface area contributed by atoms with E-state index in [0.717, 1.165) is 12.7 Å². The third-order valence-corrected chi connectivity index (χ3v) is 2.99. The quantitative estimate of drug-likeness (QED) is 0.822. The highest BCUT2D eigenvalue weighted by Crippen LogP contribution is 2.20. The summed E-state index contributed by atoms with van der Waals surface area (Å²) in [6, 6.07) is 7.38. The highest BCUT2D eigenvalue weighted by Gasteiger charge is 2.05. The first kappa shape index (κ1) is 13.0. The average Bonchev–Trinajstić information content (AvgIpc) is 2.16. The molecule has 1 atom stereocenters. The second kappa shape index (κ2) is 5.32. The van der Waals surface area contributed by atoms with E-state index in [1.54, 1.807) is 12.1 Å². The number of benzene rings is 1. The molecular weight excluding hydrogens is 224 g/mol. The van der Waals surface area contributed by atoms with Crippen LogP contribution in [-0.4, -0.2) is 21.2 Å². The van der Waals surface area contributed by atoms with Crippen LogP contribution in [-0.2, 0) is 10.0 Å². The van der Waals surface area contributed by atoms with Gasteiger partial charge < -0.3 is 5.73 Å². The lowest BCUT2D eigenvalue weighted by Gasteiger charge is -2.11. The molecule has 16 heavy (non-hydrogen) atoms. The van der Waals surface area contributed by atoms with Crippen molar-refractivity contribution in [2.45, 2.75) is 19.3 Å². The van der Waals surface area contributed by atoms with Crippen molar-refractivity contribution in [3.05, 3.63) is 29.8 Å². The molecule has 0 heterocycles. The van der Waals surface area contributed by atoms with Crippen molar-refractivity contribution in [2.75, 3.05) is 17.5 Å². The van der Waals surface area contributed by atoms with Gasteiger partial charge in [0.1, 0.15) is 0 Å². The van der Waals surface area contributed by atoms with E-state index < -0.39 is 10.0 Å². The summed E-state index contributed by atoms with van der Waals surface area (Å²) in [5.41, 5.74) is 7.25. The molecule has 0 bridgehead atoms. The van der Waals surface area contributed by atoms with Gasteiger partial charge in [-0.15, -0.1) is 0 Å². The van der Waals surface area contributed by atoms with Gasteiger partial charge in [-0.1, -0.05) is 19.1 Å². The first-order chi connectivity index (χ1) is 7.42. The molecule has 0 saturated carbocycles. The van der Waals surface area contributed by atoms with Crippen molar-refractivity contribution < 1.29 is 8.42 Å². The first-order valence-corrected chi connectivity index (χ1v) is 7.09. The molecule has 0 aromatic heterocycles. The van der Waals surface area contributed by atoms with Crippen LogP contribution in [0.3, 0.4) is 0 Å². The fourth-order valence-electron chi connectivity index (χ4n) is 1.51. The van der Waals surface area contributed by atoms with Crippen molar-refractivity contribution in [1.82, 2.24) is 0 Å². The summed E-state index contributed by atoms with van der Waals surface area (Å²) in [4.78, 5) is 0. The summed E-state index contributed by atoms with van der Waals surface area (Å²) in [6.07, 6.45) is 2.07. The summed E-state index contributed by atoms with van der Waals surface area (Å²) < 4.78 is 24.4. The van der Waals surface area contributed by atoms with Crippen molar-refractivity contribution in [2.24, 2.45) is 5.73 Å². The molecule has 0 spiro atoms. The molecule has 0 amide bonds. The van der Waals surface area contributed by atoms with E-state index in [0.29, 0.717) is 18.2 Å². The van der Waals surface area contributed by atoms with Gasteiger partial charge in [-0.2, -0.15) is 0 Å². The lowest BCUT2D eigenvalue weighted by atomic mass is 9.98. The Labute approximate surface area is 96.9 Å². The second-order valence-electron chi connectivity index (χ2n) is 3.97. The smallest absolute Gasteiger partial charge is 0.229 e. The molecule has 4 nitrogen and oxygen atoms in total. The van der Waals surface area contributed by atoms with Crippen LogP contribution in [0.4, 0.5) is 5.69 Å². The number of hydrogen-bond donors (Lipinski definition) is 2. The Bertz CT molecular complexity index is 426. The SMILES string of the molecule is CC(CCN)c1ccc(NS(C)(=O)=O)cc1. The molecule has 3 N–H and O–H groups in total. The zero-order chi connectivity index (χ0) is 12.2. The molecule has 0 aliphatic heterocycles. The van der Waals surface area contributed by atoms with Gasteiger partial charge in [0.2, 0.25) is 10.0 Å². The maximum atomic E-state index is 11.0. The Hall–Kier alpha value is -1.07. The lowest BCUT2D eigenvalue weighted by Crippen LogP contribution is -2.09. The van der Waals surface area contributed by atoms with E-state index >= 15 is 0 Å². The van der Waals surface area contributed by atoms with Gasteiger partial charge in [0, 0.05) is 5.69 Å². The molecule has 0 radical (unpaired) electrons. The van der Waals surface area contributed by atoms with Crippen molar-refractivity contribution in [1.29, 1.82) is 0 Å². The van der Waals surface area contributed by atoms with Gasteiger partial charge in [0.05, 0.1) is 6.26 Å². The van der Waals surface area contributed by atoms with Gasteiger partial charge in [0.15, 0.2) is 0 Å². The minimum Gasteiger partial charge on any atom is -0.330 e. The predicted molar refractivity (Wildman–Crippen MR) is 67.0 cm³/mol. The van der Waals surface area contributed by atoms with Crippen LogP contribution in [0.15, 0.2) is 24.3 Å². The van der Waals surface area contributed by atoms with Crippen LogP contribution in [0.1, 0.15) is 24.8 Å². The molecule has 5 heteroatoms. The molecule has 1 aromatic carbocycles. The maximum absolute atomic E-state index is 11.0. The zero-order valence-electron chi connectivity index (χ0n) is 9.60. The van der Waals surface area contributed by atoms with Crippen molar-refractivity contribution in [3.63, 3.8) is 0 Å². The minimum atomic E-state index is -3.19. The minimum absolute atomic E-state index is 0.400. The Balaban J connectivity index is 2.75. The molecular formula is C11H18N2O2S. The molecule has 0 fully saturated rings. The maximum Gasteiger partial charge on any atom is 0.229 e. The Morgan fingerprint density at radius 2 is 1.88 bits per heavy atom. The topological polar surface area (TPSA) is 72.2 Å². The molecule has 1 unspecified atom stereocenters. The third-order valence-electron chi connectivity index (χ3n) is 2.38. The standard InChI is InChI=1S/C11H18N2O2S/c1-9(7-8-12)10-3-5-11(6-4-10)13-16(2,14)15/h3-6,9,13H,7-8,12H2,1-2H3. The predicted octanol–water partition coefficient (Wildman–Crippen LogP) is 1.51. The van der Waals surface area contributed by atoms with Crippen LogP contribution >= 0.6 is 0 Å². The Morgan fingerprint density at radius 3 is 2.31 bits per heavy atom. The van der Waals surface area contributed by atoms with Gasteiger partial charge in [-0.25, -0.2) is 8.42 Å². The number of nitrogens with two attached hydrogens (primary N) is 1. The summed E-state index contributed by atoms with van der Waals surface area (Å²) >= 11 is 0. The summed E-state index contributed by atoms with van der Waals surface area (Å²) in [5, 5.41) is 0. The summed E-state index contributed by atoms with van der Waals surface area (Å²) in [5.74, 6) is 0.400. The van der Waals surface area contributed by atoms with Gasteiger partial charge in [-0.05, 0) is 36.6 Å². The molecule has 0 aliphatic rings. The van der Waals surface area contributed by atoms with Crippen LogP contribution in [0.25, 0.3) is 0 Å². The fourth-order valence-corrected chi connectivity index (χ4v) is 2.07. The normalized spacial score (nSPS) is 13.4. The van der Waals surface area contributed by atoms with E-state index in [1.165, 1.54) is 5.56 Å². The molecule has 90 valence electrons. The molecule has 0 saturated heterocycles. The van der Waals surface area contributed by atoms with E-state index in [4.69, 9.17) is 5.73 Å². The van der Waals surface area contributed by atoms with Crippen LogP contribution < -0.4 is 10.5 Å². The lowest BCUT2D eigenvalue weighted by molar-refractivity contribution is 0.607. The van der Waals surface area contributed by atoms with Crippen molar-refractivity contribution >= 4 is 15.7 Å². The zero-order valence-corrected chi connectivity index (χ0v) is 10.4. The van der Waals surface area contributed by atoms with Crippen LogP contribution in [0.2, 0.25) is 0 Å². The van der Waals surface area contributed by atoms with Gasteiger partial charge >= 0.3 is 0 Å². The van der Waals surface area contributed by atoms with Crippen LogP contribution in [0, 0.1) is 0 Å². The molecule has 1 aromatic rings. The highest BCUT2D eigenvalue weighted by atomic mass is 32.2. The summed E-state index contributed by atoms with van der Waals surface area (Å²) in [7, 11) is -3.19. The van der Waals surface area contributed by atoms with E-state index in [-0.39, 0.29) is 0 Å². The number of anilines is 1. The fraction of sp³-hybridized carbons (Fsp3) is 0.455. The largest absolute Gasteiger partial charge is 0.330 e. The van der Waals surface area contributed by atoms with E-state index in [9.17, 15) is 8.42 Å². The third kappa shape index (κ3) is 4.20. The number of nitrogens with one attached hydrogen (secondary N) is 1. The molecule has 1 rings (SSSR count). The van der Waals surface area contributed by atoms with E-state index in [2.05, 4.69) is 11.6 Å². The molecule has 0 aliphatic carbocycles. The number of rotatable bonds is 5. The highest BCUT2D eigenvalue weighted by molar-refractivity contribution is 7.92. The first-order valence-electron chi connectivity index (χ1n) is 5.20. The second-order valence-corrected chi connectivity index (χ2v) is 5.72. The van der Waals surface area contributed by atoms with Crippen molar-refractivity contribution in [3.8, 4) is 0 Å². The monoisotopic (exact) mass is 242 g/mol. The van der Waals surface area contributed by atoms with Gasteiger partial charge in [-0.3, -0.25) is 4.72 Å². The number of hydrogen-bond acceptors (Lipinski definition) is 3. The van der Waals surface area contributed by atoms with E-state index in [1.807, 2.05) is 12.1 Å². The number of sulfonamides is 1. The average molecular weight is 242 g/mol. The van der Waals surface area contributed by atoms with Gasteiger partial charge in [0.25, 0.3) is 0 Å². The van der Waals surface area contributed by atoms with Crippen LogP contribution in [0.5, 0.6) is 0 Å². The summed E-state index contributed by atoms with van der Waals surface area (Å²) in [6.45, 7) is 2.76. The Morgan fingerprint density at radius 1 is 1.31 bits per heavy atom.